The third-order valence-corrected chi connectivity index (χ3v) is 3.21. The molecule has 11 heavy (non-hydrogen) atoms. The molecule has 0 saturated heterocycles. The van der Waals surface area contributed by atoms with Gasteiger partial charge in [-0.3, -0.25) is 4.98 Å². The number of rotatable bonds is 0. The van der Waals surface area contributed by atoms with Crippen molar-refractivity contribution in [3.63, 3.8) is 0 Å². The van der Waals surface area contributed by atoms with Gasteiger partial charge in [-0.1, -0.05) is 23.2 Å². The molecule has 0 saturated carbocycles. The molecule has 2 aromatic heterocycles. The fourth-order valence-electron chi connectivity index (χ4n) is 0.873. The van der Waals surface area contributed by atoms with Crippen molar-refractivity contribution < 1.29 is 0 Å². The van der Waals surface area contributed by atoms with Gasteiger partial charge in [0.15, 0.2) is 0 Å². The summed E-state index contributed by atoms with van der Waals surface area (Å²) in [6, 6.07) is 1.76. The second-order valence-electron chi connectivity index (χ2n) is 2.05. The normalized spacial score (nSPS) is 10.7. The van der Waals surface area contributed by atoms with Gasteiger partial charge in [0.25, 0.3) is 0 Å². The minimum Gasteiger partial charge on any atom is -0.254 e. The van der Waals surface area contributed by atoms with Crippen molar-refractivity contribution in [3.8, 4) is 0 Å². The van der Waals surface area contributed by atoms with Crippen LogP contribution in [0.15, 0.2) is 17.6 Å². The van der Waals surface area contributed by atoms with Crippen molar-refractivity contribution in [2.45, 2.75) is 0 Å². The fraction of sp³-hybridized carbons (Fsp3) is 0. The van der Waals surface area contributed by atoms with E-state index in [1.54, 1.807) is 12.3 Å². The summed E-state index contributed by atoms with van der Waals surface area (Å²) in [5.41, 5.74) is 0.796. The smallest absolute Gasteiger partial charge is 0.101 e. The van der Waals surface area contributed by atoms with Crippen LogP contribution >= 0.6 is 34.5 Å². The summed E-state index contributed by atoms with van der Waals surface area (Å²) in [4.78, 5) is 4.10. The first-order valence-corrected chi connectivity index (χ1v) is 4.60. The van der Waals surface area contributed by atoms with Crippen molar-refractivity contribution in [1.82, 2.24) is 4.98 Å². The lowest BCUT2D eigenvalue weighted by molar-refractivity contribution is 1.43. The Balaban J connectivity index is 2.94. The Hall–Kier alpha value is -0.310. The average molecular weight is 204 g/mol. The monoisotopic (exact) mass is 203 g/mol. The zero-order chi connectivity index (χ0) is 7.84. The zero-order valence-electron chi connectivity index (χ0n) is 5.34. The third kappa shape index (κ3) is 1.11. The Labute approximate surface area is 77.6 Å². The Kier molecular flexibility index (Phi) is 1.75. The molecule has 0 aliphatic carbocycles. The predicted molar refractivity (Wildman–Crippen MR) is 49.6 cm³/mol. The van der Waals surface area contributed by atoms with Crippen molar-refractivity contribution in [1.29, 1.82) is 0 Å². The minimum absolute atomic E-state index is 0.674. The van der Waals surface area contributed by atoms with Crippen molar-refractivity contribution >= 4 is 44.8 Å². The lowest BCUT2D eigenvalue weighted by Gasteiger charge is -1.90. The number of pyridine rings is 1. The highest BCUT2D eigenvalue weighted by Crippen LogP contribution is 2.32. The van der Waals surface area contributed by atoms with E-state index in [1.165, 1.54) is 11.3 Å². The van der Waals surface area contributed by atoms with Crippen LogP contribution in [-0.4, -0.2) is 4.98 Å². The van der Waals surface area contributed by atoms with Crippen LogP contribution in [0.1, 0.15) is 0 Å². The predicted octanol–water partition coefficient (Wildman–Crippen LogP) is 3.60. The Morgan fingerprint density at radius 2 is 2.09 bits per heavy atom. The van der Waals surface area contributed by atoms with Crippen LogP contribution in [0.3, 0.4) is 0 Å². The second kappa shape index (κ2) is 2.63. The van der Waals surface area contributed by atoms with Gasteiger partial charge in [0.1, 0.15) is 5.52 Å². The van der Waals surface area contributed by atoms with Crippen molar-refractivity contribution in [2.75, 3.05) is 0 Å². The average Bonchev–Trinajstić information content (AvgIpc) is 2.35. The number of thiophene rings is 1. The molecule has 0 radical (unpaired) electrons. The maximum atomic E-state index is 5.88. The maximum absolute atomic E-state index is 5.88. The first-order valence-electron chi connectivity index (χ1n) is 2.96. The van der Waals surface area contributed by atoms with E-state index in [4.69, 9.17) is 23.2 Å². The largest absolute Gasteiger partial charge is 0.254 e. The van der Waals surface area contributed by atoms with Crippen LogP contribution in [0.2, 0.25) is 10.0 Å². The summed E-state index contributed by atoms with van der Waals surface area (Å²) in [7, 11) is 0. The van der Waals surface area contributed by atoms with Crippen LogP contribution < -0.4 is 0 Å². The number of nitrogens with zero attached hydrogens (tertiary/aromatic N) is 1. The summed E-state index contributed by atoms with van der Waals surface area (Å²) in [5.74, 6) is 0. The highest BCUT2D eigenvalue weighted by molar-refractivity contribution is 7.18. The molecule has 0 spiro atoms. The minimum atomic E-state index is 0.674. The molecule has 2 heterocycles. The van der Waals surface area contributed by atoms with Gasteiger partial charge in [-0.15, -0.1) is 11.3 Å². The summed E-state index contributed by atoms with van der Waals surface area (Å²) >= 11 is 13.2. The van der Waals surface area contributed by atoms with E-state index in [0.29, 0.717) is 10.0 Å². The van der Waals surface area contributed by atoms with Gasteiger partial charge in [0.2, 0.25) is 0 Å². The van der Waals surface area contributed by atoms with E-state index >= 15 is 0 Å². The van der Waals surface area contributed by atoms with Gasteiger partial charge in [-0.2, -0.15) is 0 Å². The van der Waals surface area contributed by atoms with Crippen molar-refractivity contribution in [3.05, 3.63) is 27.7 Å². The number of hydrogen-bond acceptors (Lipinski definition) is 2. The van der Waals surface area contributed by atoms with Crippen LogP contribution in [0.25, 0.3) is 10.2 Å². The first kappa shape index (κ1) is 7.35. The SMILES string of the molecule is Clc1csc2c(Cl)ccnc12. The summed E-state index contributed by atoms with van der Waals surface area (Å²) in [6.07, 6.45) is 1.66. The third-order valence-electron chi connectivity index (χ3n) is 1.36. The highest BCUT2D eigenvalue weighted by atomic mass is 35.5. The van der Waals surface area contributed by atoms with Crippen LogP contribution in [0, 0.1) is 0 Å². The Bertz CT molecular complexity index is 396. The number of hydrogen-bond donors (Lipinski definition) is 0. The molecule has 0 amide bonds. The highest BCUT2D eigenvalue weighted by Gasteiger charge is 2.04. The van der Waals surface area contributed by atoms with Gasteiger partial charge < -0.3 is 0 Å². The molecule has 2 aromatic rings. The fourth-order valence-corrected chi connectivity index (χ4v) is 2.27. The summed E-state index contributed by atoms with van der Waals surface area (Å²) in [6.45, 7) is 0. The van der Waals surface area contributed by atoms with E-state index < -0.39 is 0 Å². The van der Waals surface area contributed by atoms with Gasteiger partial charge in [0.05, 0.1) is 14.7 Å². The van der Waals surface area contributed by atoms with E-state index in [-0.39, 0.29) is 0 Å². The molecule has 0 atom stereocenters. The first-order chi connectivity index (χ1) is 5.29. The van der Waals surface area contributed by atoms with Gasteiger partial charge in [-0.25, -0.2) is 0 Å². The molecule has 0 N–H and O–H groups in total. The molecular formula is C7H3Cl2NS. The van der Waals surface area contributed by atoms with Crippen LogP contribution in [0.5, 0.6) is 0 Å². The van der Waals surface area contributed by atoms with Crippen LogP contribution in [0.4, 0.5) is 0 Å². The van der Waals surface area contributed by atoms with Gasteiger partial charge >= 0.3 is 0 Å². The molecule has 0 aromatic carbocycles. The second-order valence-corrected chi connectivity index (χ2v) is 3.75. The van der Waals surface area contributed by atoms with Gasteiger partial charge in [0, 0.05) is 11.6 Å². The topological polar surface area (TPSA) is 12.9 Å². The van der Waals surface area contributed by atoms with E-state index in [0.717, 1.165) is 10.2 Å². The van der Waals surface area contributed by atoms with Crippen LogP contribution in [-0.2, 0) is 0 Å². The molecule has 0 bridgehead atoms. The Morgan fingerprint density at radius 3 is 2.82 bits per heavy atom. The summed E-state index contributed by atoms with van der Waals surface area (Å²) in [5, 5.41) is 3.23. The molecule has 56 valence electrons. The molecule has 0 aliphatic rings. The standard InChI is InChI=1S/C7H3Cl2NS/c8-4-1-2-10-6-5(9)3-11-7(4)6/h1-3H. The number of aromatic nitrogens is 1. The lowest BCUT2D eigenvalue weighted by Crippen LogP contribution is -1.71. The molecule has 2 rings (SSSR count). The molecule has 0 unspecified atom stereocenters. The molecule has 4 heteroatoms. The molecule has 0 fully saturated rings. The maximum Gasteiger partial charge on any atom is 0.101 e. The van der Waals surface area contributed by atoms with E-state index in [1.807, 2.05) is 5.38 Å². The van der Waals surface area contributed by atoms with E-state index in [9.17, 15) is 0 Å². The molecule has 0 aliphatic heterocycles. The quantitative estimate of drug-likeness (QED) is 0.638. The van der Waals surface area contributed by atoms with Crippen molar-refractivity contribution in [2.24, 2.45) is 0 Å². The molecule has 1 nitrogen and oxygen atoms in total. The number of fused-ring (bicyclic) bond motifs is 1. The van der Waals surface area contributed by atoms with E-state index in [2.05, 4.69) is 4.98 Å². The Morgan fingerprint density at radius 1 is 1.27 bits per heavy atom. The lowest BCUT2D eigenvalue weighted by atomic mass is 10.4. The zero-order valence-corrected chi connectivity index (χ0v) is 7.67. The molecular weight excluding hydrogens is 201 g/mol. The number of halogens is 2. The van der Waals surface area contributed by atoms with Gasteiger partial charge in [-0.05, 0) is 6.07 Å². The summed E-state index contributed by atoms with van der Waals surface area (Å²) < 4.78 is 0.958.